The summed E-state index contributed by atoms with van der Waals surface area (Å²) < 4.78 is 0. The Hall–Kier alpha value is -1.52. The third-order valence-corrected chi connectivity index (χ3v) is 3.83. The Kier molecular flexibility index (Phi) is 5.81. The Balaban J connectivity index is 3.04. The molecule has 0 spiro atoms. The van der Waals surface area contributed by atoms with Crippen molar-refractivity contribution in [2.75, 3.05) is 6.54 Å². The highest BCUT2D eigenvalue weighted by atomic mass is 35.5. The normalized spacial score (nSPS) is 11.7. The van der Waals surface area contributed by atoms with Crippen molar-refractivity contribution < 1.29 is 14.7 Å². The van der Waals surface area contributed by atoms with Gasteiger partial charge in [0.15, 0.2) is 0 Å². The summed E-state index contributed by atoms with van der Waals surface area (Å²) in [5.74, 6) is -1.48. The van der Waals surface area contributed by atoms with Crippen molar-refractivity contribution in [1.29, 1.82) is 0 Å². The standard InChI is InChI=1S/C15H17Cl2NO3/c1-4-18(15(2,3)14(20)21)13(19)9-8-10-11(16)6-5-7-12(10)17/h5-9H,4H2,1-3H3,(H,20,21). The Morgan fingerprint density at radius 2 is 1.81 bits per heavy atom. The lowest BCUT2D eigenvalue weighted by Crippen LogP contribution is -2.52. The molecular formula is C15H17Cl2NO3. The van der Waals surface area contributed by atoms with Gasteiger partial charge in [-0.25, -0.2) is 4.79 Å². The van der Waals surface area contributed by atoms with Gasteiger partial charge in [-0.3, -0.25) is 4.79 Å². The monoisotopic (exact) mass is 329 g/mol. The maximum Gasteiger partial charge on any atom is 0.329 e. The first kappa shape index (κ1) is 17.5. The summed E-state index contributed by atoms with van der Waals surface area (Å²) in [6.07, 6.45) is 2.77. The SMILES string of the molecule is CCN(C(=O)C=Cc1c(Cl)cccc1Cl)C(C)(C)C(=O)O. The molecule has 4 nitrogen and oxygen atoms in total. The van der Waals surface area contributed by atoms with Gasteiger partial charge in [-0.15, -0.1) is 0 Å². The summed E-state index contributed by atoms with van der Waals surface area (Å²) >= 11 is 12.0. The van der Waals surface area contributed by atoms with Gasteiger partial charge in [-0.1, -0.05) is 29.3 Å². The molecule has 114 valence electrons. The van der Waals surface area contributed by atoms with Crippen molar-refractivity contribution in [3.05, 3.63) is 39.9 Å². The number of carbonyl (C=O) groups is 2. The third-order valence-electron chi connectivity index (χ3n) is 3.17. The molecule has 0 unspecified atom stereocenters. The van der Waals surface area contributed by atoms with E-state index in [1.807, 2.05) is 0 Å². The first-order valence-electron chi connectivity index (χ1n) is 6.39. The van der Waals surface area contributed by atoms with E-state index in [2.05, 4.69) is 0 Å². The van der Waals surface area contributed by atoms with Gasteiger partial charge in [-0.2, -0.15) is 0 Å². The van der Waals surface area contributed by atoms with Crippen LogP contribution in [0.2, 0.25) is 10.0 Å². The highest BCUT2D eigenvalue weighted by Gasteiger charge is 2.35. The van der Waals surface area contributed by atoms with E-state index >= 15 is 0 Å². The molecular weight excluding hydrogens is 313 g/mol. The molecule has 0 aliphatic carbocycles. The van der Waals surface area contributed by atoms with E-state index in [1.165, 1.54) is 30.9 Å². The fraction of sp³-hybridized carbons (Fsp3) is 0.333. The number of likely N-dealkylation sites (N-methyl/N-ethyl adjacent to an activating group) is 1. The van der Waals surface area contributed by atoms with E-state index in [9.17, 15) is 14.7 Å². The molecule has 0 saturated heterocycles. The fourth-order valence-corrected chi connectivity index (χ4v) is 2.38. The molecule has 1 N–H and O–H groups in total. The van der Waals surface area contributed by atoms with Gasteiger partial charge >= 0.3 is 5.97 Å². The second-order valence-corrected chi connectivity index (χ2v) is 5.73. The van der Waals surface area contributed by atoms with Crippen LogP contribution >= 0.6 is 23.2 Å². The highest BCUT2D eigenvalue weighted by molar-refractivity contribution is 6.37. The third kappa shape index (κ3) is 3.99. The summed E-state index contributed by atoms with van der Waals surface area (Å²) in [5, 5.41) is 10.1. The van der Waals surface area contributed by atoms with E-state index in [1.54, 1.807) is 25.1 Å². The van der Waals surface area contributed by atoms with Crippen LogP contribution in [0.4, 0.5) is 0 Å². The van der Waals surface area contributed by atoms with Crippen molar-refractivity contribution in [1.82, 2.24) is 4.90 Å². The zero-order valence-electron chi connectivity index (χ0n) is 12.1. The summed E-state index contributed by atoms with van der Waals surface area (Å²) in [6.45, 7) is 4.96. The van der Waals surface area contributed by atoms with Crippen molar-refractivity contribution in [2.45, 2.75) is 26.3 Å². The number of carbonyl (C=O) groups excluding carboxylic acids is 1. The van der Waals surface area contributed by atoms with Crippen LogP contribution in [0.5, 0.6) is 0 Å². The molecule has 0 saturated carbocycles. The average Bonchev–Trinajstić information content (AvgIpc) is 2.38. The molecule has 0 radical (unpaired) electrons. The Labute approximate surface area is 134 Å². The van der Waals surface area contributed by atoms with Crippen LogP contribution in [0.1, 0.15) is 26.3 Å². The zero-order chi connectivity index (χ0) is 16.2. The number of hydrogen-bond donors (Lipinski definition) is 1. The molecule has 1 amide bonds. The second-order valence-electron chi connectivity index (χ2n) is 4.92. The maximum absolute atomic E-state index is 12.2. The van der Waals surface area contributed by atoms with Gasteiger partial charge in [-0.05, 0) is 39.0 Å². The number of carboxylic acids is 1. The van der Waals surface area contributed by atoms with Crippen molar-refractivity contribution in [3.63, 3.8) is 0 Å². The number of nitrogens with zero attached hydrogens (tertiary/aromatic N) is 1. The molecule has 0 aliphatic heterocycles. The van der Waals surface area contributed by atoms with Gasteiger partial charge in [0.25, 0.3) is 0 Å². The molecule has 0 atom stereocenters. The summed E-state index contributed by atoms with van der Waals surface area (Å²) in [4.78, 5) is 24.7. The molecule has 1 aromatic rings. The van der Waals surface area contributed by atoms with Crippen LogP contribution in [-0.2, 0) is 9.59 Å². The van der Waals surface area contributed by atoms with Crippen molar-refractivity contribution in [3.8, 4) is 0 Å². The van der Waals surface area contributed by atoms with Crippen molar-refractivity contribution >= 4 is 41.2 Å². The molecule has 0 aromatic heterocycles. The minimum absolute atomic E-state index is 0.277. The van der Waals surface area contributed by atoms with Crippen LogP contribution in [-0.4, -0.2) is 34.0 Å². The van der Waals surface area contributed by atoms with Gasteiger partial charge in [0.1, 0.15) is 5.54 Å². The molecule has 1 rings (SSSR count). The van der Waals surface area contributed by atoms with Crippen LogP contribution in [0.15, 0.2) is 24.3 Å². The summed E-state index contributed by atoms with van der Waals surface area (Å²) in [7, 11) is 0. The number of benzene rings is 1. The minimum Gasteiger partial charge on any atom is -0.480 e. The van der Waals surface area contributed by atoms with E-state index in [0.29, 0.717) is 15.6 Å². The summed E-state index contributed by atoms with van der Waals surface area (Å²) in [6, 6.07) is 5.03. The smallest absolute Gasteiger partial charge is 0.329 e. The van der Waals surface area contributed by atoms with Gasteiger partial charge in [0.2, 0.25) is 5.91 Å². The zero-order valence-corrected chi connectivity index (χ0v) is 13.6. The molecule has 0 aliphatic rings. The molecule has 1 aromatic carbocycles. The lowest BCUT2D eigenvalue weighted by Gasteiger charge is -2.33. The number of aliphatic carboxylic acids is 1. The molecule has 0 bridgehead atoms. The lowest BCUT2D eigenvalue weighted by atomic mass is 10.0. The van der Waals surface area contributed by atoms with Gasteiger partial charge < -0.3 is 10.0 Å². The number of rotatable bonds is 5. The largest absolute Gasteiger partial charge is 0.480 e. The number of halogens is 2. The second kappa shape index (κ2) is 6.96. The highest BCUT2D eigenvalue weighted by Crippen LogP contribution is 2.25. The Bertz CT molecular complexity index is 562. The number of amides is 1. The quantitative estimate of drug-likeness (QED) is 0.837. The summed E-state index contributed by atoms with van der Waals surface area (Å²) in [5.41, 5.74) is -0.765. The Morgan fingerprint density at radius 1 is 1.29 bits per heavy atom. The van der Waals surface area contributed by atoms with Gasteiger partial charge in [0.05, 0.1) is 0 Å². The fourth-order valence-electron chi connectivity index (χ4n) is 1.86. The van der Waals surface area contributed by atoms with E-state index in [-0.39, 0.29) is 6.54 Å². The first-order chi connectivity index (χ1) is 9.71. The minimum atomic E-state index is -1.29. The number of hydrogen-bond acceptors (Lipinski definition) is 2. The van der Waals surface area contributed by atoms with E-state index in [4.69, 9.17) is 23.2 Å². The van der Waals surface area contributed by atoms with Crippen LogP contribution in [0, 0.1) is 0 Å². The molecule has 6 heteroatoms. The van der Waals surface area contributed by atoms with Crippen LogP contribution in [0.25, 0.3) is 6.08 Å². The first-order valence-corrected chi connectivity index (χ1v) is 7.14. The van der Waals surface area contributed by atoms with E-state index in [0.717, 1.165) is 0 Å². The molecule has 0 fully saturated rings. The van der Waals surface area contributed by atoms with E-state index < -0.39 is 17.4 Å². The molecule has 0 heterocycles. The molecule has 21 heavy (non-hydrogen) atoms. The van der Waals surface area contributed by atoms with Crippen molar-refractivity contribution in [2.24, 2.45) is 0 Å². The van der Waals surface area contributed by atoms with Gasteiger partial charge in [0, 0.05) is 28.2 Å². The predicted octanol–water partition coefficient (Wildman–Crippen LogP) is 3.72. The average molecular weight is 330 g/mol. The number of carboxylic acid groups (broad SMARTS) is 1. The van der Waals surface area contributed by atoms with Crippen LogP contribution in [0.3, 0.4) is 0 Å². The topological polar surface area (TPSA) is 57.6 Å². The Morgan fingerprint density at radius 3 is 2.24 bits per heavy atom. The maximum atomic E-state index is 12.2. The predicted molar refractivity (Wildman–Crippen MR) is 84.6 cm³/mol. The van der Waals surface area contributed by atoms with Crippen LogP contribution < -0.4 is 0 Å². The lowest BCUT2D eigenvalue weighted by molar-refractivity contribution is -0.154.